The summed E-state index contributed by atoms with van der Waals surface area (Å²) in [6, 6.07) is 7.85. The number of anilines is 1. The van der Waals surface area contributed by atoms with Gasteiger partial charge in [0.25, 0.3) is 0 Å². The number of para-hydroxylation sites is 2. The van der Waals surface area contributed by atoms with Gasteiger partial charge in [-0.25, -0.2) is 15.0 Å². The first kappa shape index (κ1) is 10.1. The van der Waals surface area contributed by atoms with E-state index in [2.05, 4.69) is 19.9 Å². The van der Waals surface area contributed by atoms with Gasteiger partial charge in [-0.2, -0.15) is 0 Å². The SMILES string of the molecule is Nc1nccnc1Sc1nc2ccccc2[nH]1. The van der Waals surface area contributed by atoms with Crippen molar-refractivity contribution in [1.82, 2.24) is 19.9 Å². The van der Waals surface area contributed by atoms with E-state index >= 15 is 0 Å². The summed E-state index contributed by atoms with van der Waals surface area (Å²) in [6.07, 6.45) is 3.18. The molecule has 0 fully saturated rings. The second-order valence-corrected chi connectivity index (χ2v) is 4.39. The van der Waals surface area contributed by atoms with Gasteiger partial charge in [-0.05, 0) is 23.9 Å². The summed E-state index contributed by atoms with van der Waals surface area (Å²) in [5.74, 6) is 0.415. The number of nitrogens with two attached hydrogens (primary N) is 1. The first-order chi connectivity index (χ1) is 8.33. The molecule has 17 heavy (non-hydrogen) atoms. The summed E-state index contributed by atoms with van der Waals surface area (Å²) < 4.78 is 0. The molecular formula is C11H9N5S. The number of imidazole rings is 1. The normalized spacial score (nSPS) is 10.8. The number of H-pyrrole nitrogens is 1. The van der Waals surface area contributed by atoms with Gasteiger partial charge in [0.05, 0.1) is 11.0 Å². The number of aromatic amines is 1. The molecule has 3 aromatic rings. The molecule has 0 radical (unpaired) electrons. The van der Waals surface area contributed by atoms with E-state index in [1.807, 2.05) is 24.3 Å². The minimum atomic E-state index is 0.415. The molecule has 2 aromatic heterocycles. The zero-order chi connectivity index (χ0) is 11.7. The Morgan fingerprint density at radius 2 is 1.94 bits per heavy atom. The van der Waals surface area contributed by atoms with Crippen LogP contribution < -0.4 is 5.73 Å². The van der Waals surface area contributed by atoms with Gasteiger partial charge >= 0.3 is 0 Å². The smallest absolute Gasteiger partial charge is 0.172 e. The third kappa shape index (κ3) is 1.94. The lowest BCUT2D eigenvalue weighted by atomic mass is 10.3. The maximum atomic E-state index is 5.73. The van der Waals surface area contributed by atoms with Gasteiger partial charge in [-0.1, -0.05) is 12.1 Å². The van der Waals surface area contributed by atoms with Crippen LogP contribution in [0.5, 0.6) is 0 Å². The van der Waals surface area contributed by atoms with Crippen molar-refractivity contribution in [1.29, 1.82) is 0 Å². The Hall–Kier alpha value is -2.08. The summed E-state index contributed by atoms with van der Waals surface area (Å²) in [5.41, 5.74) is 7.65. The van der Waals surface area contributed by atoms with Crippen LogP contribution in [0.3, 0.4) is 0 Å². The number of nitrogens with zero attached hydrogens (tertiary/aromatic N) is 3. The molecule has 3 rings (SSSR count). The van der Waals surface area contributed by atoms with Crippen LogP contribution in [0, 0.1) is 0 Å². The lowest BCUT2D eigenvalue weighted by molar-refractivity contribution is 1.03. The largest absolute Gasteiger partial charge is 0.381 e. The molecule has 0 aliphatic heterocycles. The zero-order valence-electron chi connectivity index (χ0n) is 8.79. The Labute approximate surface area is 102 Å². The molecular weight excluding hydrogens is 234 g/mol. The molecule has 0 unspecified atom stereocenters. The minimum absolute atomic E-state index is 0.415. The molecule has 0 saturated carbocycles. The monoisotopic (exact) mass is 243 g/mol. The minimum Gasteiger partial charge on any atom is -0.381 e. The van der Waals surface area contributed by atoms with Crippen LogP contribution in [-0.4, -0.2) is 19.9 Å². The third-order valence-electron chi connectivity index (χ3n) is 2.25. The quantitative estimate of drug-likeness (QED) is 0.720. The Balaban J connectivity index is 1.98. The molecule has 6 heteroatoms. The van der Waals surface area contributed by atoms with E-state index < -0.39 is 0 Å². The van der Waals surface area contributed by atoms with Crippen molar-refractivity contribution in [2.75, 3.05) is 5.73 Å². The summed E-state index contributed by atoms with van der Waals surface area (Å²) in [7, 11) is 0. The van der Waals surface area contributed by atoms with E-state index in [4.69, 9.17) is 5.73 Å². The molecule has 0 aliphatic carbocycles. The molecule has 84 valence electrons. The number of aromatic nitrogens is 4. The van der Waals surface area contributed by atoms with E-state index in [1.165, 1.54) is 11.8 Å². The number of nitrogen functional groups attached to an aromatic ring is 1. The topological polar surface area (TPSA) is 80.5 Å². The van der Waals surface area contributed by atoms with Crippen molar-refractivity contribution in [3.05, 3.63) is 36.7 Å². The van der Waals surface area contributed by atoms with E-state index in [0.29, 0.717) is 10.8 Å². The maximum absolute atomic E-state index is 5.73. The predicted octanol–water partition coefficient (Wildman–Crippen LogP) is 2.09. The average Bonchev–Trinajstić information content (AvgIpc) is 2.74. The number of benzene rings is 1. The maximum Gasteiger partial charge on any atom is 0.172 e. The van der Waals surface area contributed by atoms with Gasteiger partial charge in [0, 0.05) is 12.4 Å². The highest BCUT2D eigenvalue weighted by molar-refractivity contribution is 7.99. The van der Waals surface area contributed by atoms with E-state index in [9.17, 15) is 0 Å². The molecule has 1 aromatic carbocycles. The fourth-order valence-electron chi connectivity index (χ4n) is 1.48. The van der Waals surface area contributed by atoms with Crippen LogP contribution in [0.1, 0.15) is 0 Å². The van der Waals surface area contributed by atoms with Crippen LogP contribution >= 0.6 is 11.8 Å². The number of hydrogen-bond acceptors (Lipinski definition) is 5. The molecule has 5 nitrogen and oxygen atoms in total. The van der Waals surface area contributed by atoms with Gasteiger partial charge < -0.3 is 10.7 Å². The van der Waals surface area contributed by atoms with Gasteiger partial charge in [0.15, 0.2) is 11.0 Å². The van der Waals surface area contributed by atoms with E-state index in [1.54, 1.807) is 12.4 Å². The van der Waals surface area contributed by atoms with Crippen molar-refractivity contribution in [3.63, 3.8) is 0 Å². The number of nitrogens with one attached hydrogen (secondary N) is 1. The molecule has 2 heterocycles. The number of rotatable bonds is 2. The molecule has 0 aliphatic rings. The van der Waals surface area contributed by atoms with Crippen molar-refractivity contribution < 1.29 is 0 Å². The summed E-state index contributed by atoms with van der Waals surface area (Å²) >= 11 is 1.37. The number of hydrogen-bond donors (Lipinski definition) is 2. The number of fused-ring (bicyclic) bond motifs is 1. The Morgan fingerprint density at radius 3 is 2.76 bits per heavy atom. The molecule has 3 N–H and O–H groups in total. The van der Waals surface area contributed by atoms with Gasteiger partial charge in [0.2, 0.25) is 0 Å². The highest BCUT2D eigenvalue weighted by atomic mass is 32.2. The first-order valence-electron chi connectivity index (χ1n) is 5.02. The summed E-state index contributed by atoms with van der Waals surface area (Å²) in [4.78, 5) is 15.8. The highest BCUT2D eigenvalue weighted by Gasteiger charge is 2.07. The van der Waals surface area contributed by atoms with E-state index in [-0.39, 0.29) is 0 Å². The first-order valence-corrected chi connectivity index (χ1v) is 5.83. The second-order valence-electron chi connectivity index (χ2n) is 3.41. The van der Waals surface area contributed by atoms with Crippen molar-refractivity contribution >= 4 is 28.6 Å². The lowest BCUT2D eigenvalue weighted by Crippen LogP contribution is -1.94. The molecule has 0 bridgehead atoms. The van der Waals surface area contributed by atoms with Crippen LogP contribution in [0.4, 0.5) is 5.82 Å². The van der Waals surface area contributed by atoms with Crippen LogP contribution in [0.25, 0.3) is 11.0 Å². The third-order valence-corrected chi connectivity index (χ3v) is 3.15. The predicted molar refractivity (Wildman–Crippen MR) is 66.7 cm³/mol. The molecule has 0 spiro atoms. The fraction of sp³-hybridized carbons (Fsp3) is 0. The lowest BCUT2D eigenvalue weighted by Gasteiger charge is -1.98. The highest BCUT2D eigenvalue weighted by Crippen LogP contribution is 2.27. The van der Waals surface area contributed by atoms with Crippen molar-refractivity contribution in [2.45, 2.75) is 10.2 Å². The standard InChI is InChI=1S/C11H9N5S/c12-9-10(14-6-5-13-9)17-11-15-7-3-1-2-4-8(7)16-11/h1-6H,(H2,12,13)(H,15,16). The average molecular weight is 243 g/mol. The molecule has 0 atom stereocenters. The molecule has 0 saturated heterocycles. The van der Waals surface area contributed by atoms with Gasteiger partial charge in [-0.3, -0.25) is 0 Å². The van der Waals surface area contributed by atoms with Crippen LogP contribution in [0.15, 0.2) is 46.8 Å². The second kappa shape index (κ2) is 4.06. The van der Waals surface area contributed by atoms with Gasteiger partial charge in [0.1, 0.15) is 5.03 Å². The fourth-order valence-corrected chi connectivity index (χ4v) is 2.24. The summed E-state index contributed by atoms with van der Waals surface area (Å²) in [6.45, 7) is 0. The van der Waals surface area contributed by atoms with Gasteiger partial charge in [-0.15, -0.1) is 0 Å². The Bertz CT molecular complexity index is 631. The van der Waals surface area contributed by atoms with Crippen molar-refractivity contribution in [3.8, 4) is 0 Å². The van der Waals surface area contributed by atoms with Crippen LogP contribution in [0.2, 0.25) is 0 Å². The van der Waals surface area contributed by atoms with Crippen LogP contribution in [-0.2, 0) is 0 Å². The van der Waals surface area contributed by atoms with E-state index in [0.717, 1.165) is 16.2 Å². The summed E-state index contributed by atoms with van der Waals surface area (Å²) in [5, 5.41) is 1.42. The Kier molecular flexibility index (Phi) is 2.41. The molecule has 0 amide bonds. The van der Waals surface area contributed by atoms with Crippen molar-refractivity contribution in [2.24, 2.45) is 0 Å². The Morgan fingerprint density at radius 1 is 1.12 bits per heavy atom. The zero-order valence-corrected chi connectivity index (χ0v) is 9.61.